The molecule has 25 heavy (non-hydrogen) atoms. The molecular weight excluding hydrogens is 414 g/mol. The Morgan fingerprint density at radius 2 is 2.20 bits per heavy atom. The Hall–Kier alpha value is -1.37. The maximum atomic E-state index is 4.50. The van der Waals surface area contributed by atoms with E-state index >= 15 is 0 Å². The molecule has 0 aliphatic carbocycles. The van der Waals surface area contributed by atoms with Crippen molar-refractivity contribution in [2.24, 2.45) is 0 Å². The van der Waals surface area contributed by atoms with Crippen molar-refractivity contribution in [1.82, 2.24) is 14.8 Å². The number of thiophene rings is 1. The fourth-order valence-electron chi connectivity index (χ4n) is 2.77. The van der Waals surface area contributed by atoms with Gasteiger partial charge in [0.1, 0.15) is 0 Å². The summed E-state index contributed by atoms with van der Waals surface area (Å²) >= 11 is 7.01. The van der Waals surface area contributed by atoms with Crippen molar-refractivity contribution < 1.29 is 0 Å². The van der Waals surface area contributed by atoms with Crippen molar-refractivity contribution in [3.63, 3.8) is 0 Å². The Kier molecular flexibility index (Phi) is 6.15. The first kappa shape index (κ1) is 18.4. The van der Waals surface area contributed by atoms with Crippen LogP contribution in [0.25, 0.3) is 11.4 Å². The predicted octanol–water partition coefficient (Wildman–Crippen LogP) is 6.12. The molecule has 0 amide bonds. The summed E-state index contributed by atoms with van der Waals surface area (Å²) in [5.41, 5.74) is 3.83. The summed E-state index contributed by atoms with van der Waals surface area (Å²) in [4.78, 5) is 1.36. The van der Waals surface area contributed by atoms with Gasteiger partial charge in [0, 0.05) is 32.6 Å². The minimum absolute atomic E-state index is 0.710. The highest BCUT2D eigenvalue weighted by Crippen LogP contribution is 2.33. The summed E-state index contributed by atoms with van der Waals surface area (Å²) in [5, 5.41) is 12.1. The van der Waals surface area contributed by atoms with Gasteiger partial charge >= 0.3 is 0 Å². The molecule has 0 aliphatic rings. The number of aromatic nitrogens is 3. The summed E-state index contributed by atoms with van der Waals surface area (Å²) in [6.07, 6.45) is 2.91. The van der Waals surface area contributed by atoms with Gasteiger partial charge in [-0.2, -0.15) is 0 Å². The van der Waals surface area contributed by atoms with Crippen LogP contribution in [0.3, 0.4) is 0 Å². The van der Waals surface area contributed by atoms with Gasteiger partial charge in [0.15, 0.2) is 11.0 Å². The maximum Gasteiger partial charge on any atom is 0.192 e. The van der Waals surface area contributed by atoms with Gasteiger partial charge < -0.3 is 0 Å². The second kappa shape index (κ2) is 8.34. The van der Waals surface area contributed by atoms with Crippen LogP contribution in [0, 0.1) is 6.92 Å². The van der Waals surface area contributed by atoms with Crippen LogP contribution in [0.2, 0.25) is 0 Å². The smallest absolute Gasteiger partial charge is 0.192 e. The van der Waals surface area contributed by atoms with Gasteiger partial charge in [0.05, 0.1) is 0 Å². The van der Waals surface area contributed by atoms with Crippen LogP contribution < -0.4 is 0 Å². The second-order valence-corrected chi connectivity index (χ2v) is 8.60. The molecule has 2 heterocycles. The number of benzene rings is 1. The first-order valence-corrected chi connectivity index (χ1v) is 10.8. The highest BCUT2D eigenvalue weighted by Gasteiger charge is 2.18. The quantitative estimate of drug-likeness (QED) is 0.332. The third-order valence-electron chi connectivity index (χ3n) is 3.98. The molecule has 3 rings (SSSR count). The predicted molar refractivity (Wildman–Crippen MR) is 111 cm³/mol. The molecule has 0 radical (unpaired) electrons. The zero-order chi connectivity index (χ0) is 17.8. The van der Waals surface area contributed by atoms with Gasteiger partial charge in [-0.3, -0.25) is 4.57 Å². The van der Waals surface area contributed by atoms with Crippen LogP contribution in [0.1, 0.15) is 22.9 Å². The Morgan fingerprint density at radius 1 is 1.36 bits per heavy atom. The van der Waals surface area contributed by atoms with Crippen LogP contribution >= 0.6 is 39.0 Å². The molecule has 0 saturated carbocycles. The number of hydrogen-bond acceptors (Lipinski definition) is 4. The van der Waals surface area contributed by atoms with E-state index in [4.69, 9.17) is 0 Å². The van der Waals surface area contributed by atoms with Crippen LogP contribution in [-0.4, -0.2) is 14.8 Å². The lowest BCUT2D eigenvalue weighted by atomic mass is 10.1. The van der Waals surface area contributed by atoms with E-state index in [0.29, 0.717) is 6.54 Å². The van der Waals surface area contributed by atoms with Gasteiger partial charge in [0.2, 0.25) is 0 Å². The molecule has 3 nitrogen and oxygen atoms in total. The number of nitrogens with zero attached hydrogens (tertiary/aromatic N) is 3. The molecule has 0 atom stereocenters. The summed E-state index contributed by atoms with van der Waals surface area (Å²) in [6.45, 7) is 8.97. The van der Waals surface area contributed by atoms with Crippen molar-refractivity contribution in [3.8, 4) is 11.4 Å². The molecule has 0 spiro atoms. The van der Waals surface area contributed by atoms with E-state index in [1.165, 1.54) is 21.6 Å². The highest BCUT2D eigenvalue weighted by molar-refractivity contribution is 9.10. The maximum absolute atomic E-state index is 4.50. The lowest BCUT2D eigenvalue weighted by molar-refractivity contribution is 0.730. The number of aryl methyl sites for hydroxylation is 1. The molecule has 0 fully saturated rings. The molecule has 0 saturated heterocycles. The molecule has 0 aliphatic heterocycles. The average molecular weight is 434 g/mol. The van der Waals surface area contributed by atoms with Gasteiger partial charge in [-0.25, -0.2) is 0 Å². The van der Waals surface area contributed by atoms with Gasteiger partial charge in [-0.1, -0.05) is 52.8 Å². The van der Waals surface area contributed by atoms with E-state index in [1.54, 1.807) is 23.1 Å². The fraction of sp³-hybridized carbons (Fsp3) is 0.263. The zero-order valence-corrected chi connectivity index (χ0v) is 17.5. The lowest BCUT2D eigenvalue weighted by Crippen LogP contribution is -2.01. The molecule has 0 N–H and O–H groups in total. The normalized spacial score (nSPS) is 11.0. The molecular formula is C19H20BrN3S2. The van der Waals surface area contributed by atoms with E-state index in [1.807, 2.05) is 12.1 Å². The Balaban J connectivity index is 1.90. The summed E-state index contributed by atoms with van der Waals surface area (Å²) in [6, 6.07) is 8.36. The Morgan fingerprint density at radius 3 is 2.92 bits per heavy atom. The van der Waals surface area contributed by atoms with Gasteiger partial charge in [-0.05, 0) is 36.6 Å². The Bertz CT molecular complexity index is 883. The number of allylic oxidation sites excluding steroid dienone is 1. The van der Waals surface area contributed by atoms with Crippen LogP contribution in [0.5, 0.6) is 0 Å². The van der Waals surface area contributed by atoms with Crippen molar-refractivity contribution in [3.05, 3.63) is 62.8 Å². The number of halogens is 1. The summed E-state index contributed by atoms with van der Waals surface area (Å²) in [7, 11) is 0. The summed E-state index contributed by atoms with van der Waals surface area (Å²) < 4.78 is 3.26. The van der Waals surface area contributed by atoms with E-state index in [-0.39, 0.29) is 0 Å². The minimum Gasteiger partial charge on any atom is -0.298 e. The van der Waals surface area contributed by atoms with E-state index in [0.717, 1.165) is 27.6 Å². The van der Waals surface area contributed by atoms with Crippen molar-refractivity contribution in [1.29, 1.82) is 0 Å². The van der Waals surface area contributed by atoms with Crippen LogP contribution in [0.4, 0.5) is 0 Å². The monoisotopic (exact) mass is 433 g/mol. The van der Waals surface area contributed by atoms with E-state index in [2.05, 4.69) is 74.7 Å². The Labute approximate surface area is 165 Å². The number of rotatable bonds is 7. The molecule has 1 aromatic carbocycles. The van der Waals surface area contributed by atoms with Crippen LogP contribution in [-0.2, 0) is 18.7 Å². The average Bonchev–Trinajstić information content (AvgIpc) is 3.16. The third kappa shape index (κ3) is 4.07. The lowest BCUT2D eigenvalue weighted by Gasteiger charge is -2.08. The third-order valence-corrected chi connectivity index (χ3v) is 6.47. The van der Waals surface area contributed by atoms with Gasteiger partial charge in [0.25, 0.3) is 0 Å². The molecule has 130 valence electrons. The largest absolute Gasteiger partial charge is 0.298 e. The molecule has 0 unspecified atom stereocenters. The zero-order valence-electron chi connectivity index (χ0n) is 14.3. The number of hydrogen-bond donors (Lipinski definition) is 0. The number of thioether (sulfide) groups is 1. The SMILES string of the molecule is C=CCn1c(SCc2cccc(Br)c2)nnc1-c1csc(C)c1CC. The van der Waals surface area contributed by atoms with Crippen molar-refractivity contribution in [2.45, 2.75) is 37.7 Å². The second-order valence-electron chi connectivity index (χ2n) is 5.66. The van der Waals surface area contributed by atoms with Crippen LogP contribution in [0.15, 0.2) is 51.9 Å². The first-order chi connectivity index (χ1) is 12.1. The molecule has 2 aromatic heterocycles. The fourth-order valence-corrected chi connectivity index (χ4v) is 5.05. The molecule has 6 heteroatoms. The van der Waals surface area contributed by atoms with E-state index < -0.39 is 0 Å². The topological polar surface area (TPSA) is 30.7 Å². The van der Waals surface area contributed by atoms with E-state index in [9.17, 15) is 0 Å². The first-order valence-electron chi connectivity index (χ1n) is 8.12. The minimum atomic E-state index is 0.710. The van der Waals surface area contributed by atoms with Gasteiger partial charge in [-0.15, -0.1) is 28.1 Å². The van der Waals surface area contributed by atoms with Crippen molar-refractivity contribution >= 4 is 39.0 Å². The summed E-state index contributed by atoms with van der Waals surface area (Å²) in [5.74, 6) is 1.80. The van der Waals surface area contributed by atoms with Crippen molar-refractivity contribution in [2.75, 3.05) is 0 Å². The molecule has 3 aromatic rings. The highest BCUT2D eigenvalue weighted by atomic mass is 79.9. The standard InChI is InChI=1S/C19H20BrN3S2/c1-4-9-23-18(17-12-24-13(3)16(17)5-2)21-22-19(23)25-11-14-7-6-8-15(20)10-14/h4,6-8,10,12H,1,5,9,11H2,2-3H3. The molecule has 0 bridgehead atoms.